The molecule has 0 saturated carbocycles. The van der Waals surface area contributed by atoms with Crippen LogP contribution in [0.2, 0.25) is 0 Å². The lowest BCUT2D eigenvalue weighted by Crippen LogP contribution is -2.27. The van der Waals surface area contributed by atoms with Crippen LogP contribution in [0.25, 0.3) is 5.69 Å². The fourth-order valence-electron chi connectivity index (χ4n) is 1.96. The van der Waals surface area contributed by atoms with Crippen molar-refractivity contribution >= 4 is 11.9 Å². The molecule has 0 atom stereocenters. The van der Waals surface area contributed by atoms with Crippen molar-refractivity contribution in [3.8, 4) is 5.69 Å². The highest BCUT2D eigenvalue weighted by atomic mass is 19.1. The minimum Gasteiger partial charge on any atom is -0.481 e. The van der Waals surface area contributed by atoms with Gasteiger partial charge >= 0.3 is 5.97 Å². The summed E-state index contributed by atoms with van der Waals surface area (Å²) in [5.41, 5.74) is 0.202. The third kappa shape index (κ3) is 3.91. The lowest BCUT2D eigenvalue weighted by Gasteiger charge is -2.08. The molecule has 2 rings (SSSR count). The molecule has 2 aromatic rings. The molecule has 0 saturated heterocycles. The highest BCUT2D eigenvalue weighted by molar-refractivity contribution is 5.90. The molecule has 1 heterocycles. The molecule has 0 aliphatic heterocycles. The molecule has 0 unspecified atom stereocenters. The van der Waals surface area contributed by atoms with Crippen LogP contribution >= 0.6 is 0 Å². The summed E-state index contributed by atoms with van der Waals surface area (Å²) in [5.74, 6) is -1.85. The highest BCUT2D eigenvalue weighted by Crippen LogP contribution is 2.19. The van der Waals surface area contributed by atoms with Crippen LogP contribution in [-0.4, -0.2) is 38.3 Å². The fourth-order valence-corrected chi connectivity index (χ4v) is 1.96. The minimum absolute atomic E-state index is 0.0284. The van der Waals surface area contributed by atoms with Crippen molar-refractivity contribution < 1.29 is 19.1 Å². The van der Waals surface area contributed by atoms with Gasteiger partial charge in [0.05, 0.1) is 6.42 Å². The normalized spacial score (nSPS) is 10.8. The van der Waals surface area contributed by atoms with E-state index < -0.39 is 17.7 Å². The Kier molecular flexibility index (Phi) is 5.05. The van der Waals surface area contributed by atoms with Gasteiger partial charge in [0.1, 0.15) is 17.3 Å². The molecule has 23 heavy (non-hydrogen) atoms. The molecule has 0 aliphatic rings. The molecule has 7 nitrogen and oxygen atoms in total. The average molecular weight is 320 g/mol. The van der Waals surface area contributed by atoms with Gasteiger partial charge in [0, 0.05) is 12.5 Å². The molecule has 0 fully saturated rings. The van der Waals surface area contributed by atoms with Gasteiger partial charge in [-0.25, -0.2) is 14.1 Å². The molecule has 1 aromatic carbocycles. The van der Waals surface area contributed by atoms with Crippen molar-refractivity contribution in [2.75, 3.05) is 6.54 Å². The number of nitrogens with one attached hydrogen (secondary N) is 1. The van der Waals surface area contributed by atoms with E-state index in [1.54, 1.807) is 18.2 Å². The third-order valence-corrected chi connectivity index (χ3v) is 3.06. The van der Waals surface area contributed by atoms with E-state index in [4.69, 9.17) is 5.11 Å². The predicted octanol–water partition coefficient (Wildman–Crippen LogP) is 1.73. The zero-order chi connectivity index (χ0) is 17.0. The van der Waals surface area contributed by atoms with Crippen LogP contribution < -0.4 is 5.32 Å². The predicted molar refractivity (Wildman–Crippen MR) is 80.0 cm³/mol. The number of carbonyl (C=O) groups excluding carboxylic acids is 1. The second kappa shape index (κ2) is 6.99. The topological polar surface area (TPSA) is 97.1 Å². The molecule has 0 bridgehead atoms. The number of aliphatic carboxylic acids is 1. The van der Waals surface area contributed by atoms with Crippen molar-refractivity contribution in [2.24, 2.45) is 0 Å². The maximum absolute atomic E-state index is 14.0. The van der Waals surface area contributed by atoms with Gasteiger partial charge in [-0.15, -0.1) is 5.10 Å². The summed E-state index contributed by atoms with van der Waals surface area (Å²) in [5, 5.41) is 15.1. The molecule has 0 aliphatic carbocycles. The number of aromatic nitrogens is 3. The summed E-state index contributed by atoms with van der Waals surface area (Å²) in [6.07, 6.45) is -0.198. The van der Waals surface area contributed by atoms with E-state index >= 15 is 0 Å². The average Bonchev–Trinajstić information content (AvgIpc) is 2.92. The summed E-state index contributed by atoms with van der Waals surface area (Å²) < 4.78 is 15.3. The first-order chi connectivity index (χ1) is 10.9. The Hall–Kier alpha value is -2.77. The number of halogens is 1. The van der Waals surface area contributed by atoms with Crippen LogP contribution in [0.1, 0.15) is 42.6 Å². The Labute approximate surface area is 132 Å². The number of hydrogen-bond donors (Lipinski definition) is 2. The van der Waals surface area contributed by atoms with E-state index in [1.165, 1.54) is 10.7 Å². The van der Waals surface area contributed by atoms with Crippen molar-refractivity contribution in [1.29, 1.82) is 0 Å². The number of benzene rings is 1. The molecular formula is C15H17FN4O3. The Bertz CT molecular complexity index is 727. The molecule has 2 N–H and O–H groups in total. The SMILES string of the molecule is CC(C)c1nc(C(=O)NCCC(=O)O)nn1-c1ccccc1F. The maximum atomic E-state index is 14.0. The number of carboxylic acids is 1. The van der Waals surface area contributed by atoms with E-state index in [1.807, 2.05) is 13.8 Å². The largest absolute Gasteiger partial charge is 0.481 e. The molecule has 1 aromatic heterocycles. The Morgan fingerprint density at radius 3 is 2.65 bits per heavy atom. The van der Waals surface area contributed by atoms with Gasteiger partial charge in [-0.1, -0.05) is 26.0 Å². The number of nitrogens with zero attached hydrogens (tertiary/aromatic N) is 3. The molecular weight excluding hydrogens is 303 g/mol. The van der Waals surface area contributed by atoms with Gasteiger partial charge in [-0.2, -0.15) is 0 Å². The Morgan fingerprint density at radius 1 is 1.35 bits per heavy atom. The monoisotopic (exact) mass is 320 g/mol. The Morgan fingerprint density at radius 2 is 2.04 bits per heavy atom. The first-order valence-corrected chi connectivity index (χ1v) is 7.12. The smallest absolute Gasteiger partial charge is 0.305 e. The van der Waals surface area contributed by atoms with Gasteiger partial charge in [-0.3, -0.25) is 9.59 Å². The molecule has 1 amide bonds. The molecule has 0 spiro atoms. The standard InChI is InChI=1S/C15H17FN4O3/c1-9(2)14-18-13(15(23)17-8-7-12(21)22)19-20(14)11-6-4-3-5-10(11)16/h3-6,9H,7-8H2,1-2H3,(H,17,23)(H,21,22). The number of carboxylic acid groups (broad SMARTS) is 1. The highest BCUT2D eigenvalue weighted by Gasteiger charge is 2.20. The van der Waals surface area contributed by atoms with Crippen molar-refractivity contribution in [2.45, 2.75) is 26.2 Å². The third-order valence-electron chi connectivity index (χ3n) is 3.06. The lowest BCUT2D eigenvalue weighted by molar-refractivity contribution is -0.136. The molecule has 0 radical (unpaired) electrons. The van der Waals surface area contributed by atoms with Gasteiger partial charge < -0.3 is 10.4 Å². The number of para-hydroxylation sites is 1. The first-order valence-electron chi connectivity index (χ1n) is 7.12. The van der Waals surface area contributed by atoms with Gasteiger partial charge in [0.2, 0.25) is 5.82 Å². The van der Waals surface area contributed by atoms with E-state index in [2.05, 4.69) is 15.4 Å². The maximum Gasteiger partial charge on any atom is 0.305 e. The molecule has 122 valence electrons. The summed E-state index contributed by atoms with van der Waals surface area (Å²) in [6, 6.07) is 6.07. The van der Waals surface area contributed by atoms with Crippen LogP contribution in [0.4, 0.5) is 4.39 Å². The van der Waals surface area contributed by atoms with Crippen LogP contribution in [0, 0.1) is 5.82 Å². The van der Waals surface area contributed by atoms with E-state index in [9.17, 15) is 14.0 Å². The number of rotatable bonds is 6. The van der Waals surface area contributed by atoms with E-state index in [0.29, 0.717) is 5.82 Å². The summed E-state index contributed by atoms with van der Waals surface area (Å²) in [4.78, 5) is 26.6. The fraction of sp³-hybridized carbons (Fsp3) is 0.333. The summed E-state index contributed by atoms with van der Waals surface area (Å²) in [6.45, 7) is 3.68. The van der Waals surface area contributed by atoms with Crippen LogP contribution in [-0.2, 0) is 4.79 Å². The van der Waals surface area contributed by atoms with E-state index in [-0.39, 0.29) is 30.4 Å². The number of hydrogen-bond acceptors (Lipinski definition) is 4. The first kappa shape index (κ1) is 16.6. The number of carbonyl (C=O) groups is 2. The van der Waals surface area contributed by atoms with Crippen LogP contribution in [0.15, 0.2) is 24.3 Å². The zero-order valence-electron chi connectivity index (χ0n) is 12.8. The van der Waals surface area contributed by atoms with Crippen LogP contribution in [0.3, 0.4) is 0 Å². The van der Waals surface area contributed by atoms with Gasteiger partial charge in [0.25, 0.3) is 5.91 Å². The quantitative estimate of drug-likeness (QED) is 0.845. The second-order valence-corrected chi connectivity index (χ2v) is 5.21. The lowest BCUT2D eigenvalue weighted by atomic mass is 10.2. The van der Waals surface area contributed by atoms with Gasteiger partial charge in [-0.05, 0) is 12.1 Å². The van der Waals surface area contributed by atoms with Crippen LogP contribution in [0.5, 0.6) is 0 Å². The zero-order valence-corrected chi connectivity index (χ0v) is 12.8. The second-order valence-electron chi connectivity index (χ2n) is 5.21. The van der Waals surface area contributed by atoms with Crippen molar-refractivity contribution in [3.63, 3.8) is 0 Å². The van der Waals surface area contributed by atoms with E-state index in [0.717, 1.165) is 0 Å². The minimum atomic E-state index is -1.02. The van der Waals surface area contributed by atoms with Crippen molar-refractivity contribution in [3.05, 3.63) is 41.7 Å². The summed E-state index contributed by atoms with van der Waals surface area (Å²) >= 11 is 0. The summed E-state index contributed by atoms with van der Waals surface area (Å²) in [7, 11) is 0. The van der Waals surface area contributed by atoms with Gasteiger partial charge in [0.15, 0.2) is 0 Å². The van der Waals surface area contributed by atoms with Crippen molar-refractivity contribution in [1.82, 2.24) is 20.1 Å². The Balaban J connectivity index is 2.30. The number of amides is 1. The molecule has 8 heteroatoms.